The lowest BCUT2D eigenvalue weighted by molar-refractivity contribution is -0.140. The molecule has 1 aromatic heterocycles. The number of alkyl halides is 3. The first-order chi connectivity index (χ1) is 18.8. The maximum absolute atomic E-state index is 15.3. The van der Waals surface area contributed by atoms with E-state index >= 15 is 4.39 Å². The summed E-state index contributed by atoms with van der Waals surface area (Å²) in [6, 6.07) is 0.813. The maximum Gasteiger partial charge on any atom is 0.417 e. The Hall–Kier alpha value is -3.00. The molecular weight excluding hydrogens is 568 g/mol. The van der Waals surface area contributed by atoms with Gasteiger partial charge in [-0.25, -0.2) is 27.6 Å². The summed E-state index contributed by atoms with van der Waals surface area (Å²) in [4.78, 5) is 24.5. The summed E-state index contributed by atoms with van der Waals surface area (Å²) in [5, 5.41) is -0.495. The number of ether oxygens (including phenoxy) is 2. The molecule has 41 heavy (non-hydrogen) atoms. The number of fused-ring (bicyclic) bond motifs is 1. The Labute approximate surface area is 236 Å². The van der Waals surface area contributed by atoms with Crippen molar-refractivity contribution >= 4 is 21.7 Å². The zero-order valence-electron chi connectivity index (χ0n) is 24.0. The van der Waals surface area contributed by atoms with Crippen LogP contribution in [0.1, 0.15) is 67.3 Å². The average molecular weight is 603 g/mol. The molecular formula is C27H34F4N4O5S. The van der Waals surface area contributed by atoms with Crippen molar-refractivity contribution in [3.63, 3.8) is 0 Å². The molecule has 0 aliphatic carbocycles. The molecule has 2 aliphatic heterocycles. The molecule has 2 atom stereocenters. The minimum atomic E-state index is -4.84. The Balaban J connectivity index is 1.74. The van der Waals surface area contributed by atoms with Gasteiger partial charge in [-0.15, -0.1) is 0 Å². The first kappa shape index (κ1) is 30.9. The van der Waals surface area contributed by atoms with Crippen LogP contribution in [-0.2, 0) is 38.5 Å². The lowest BCUT2D eigenvalue weighted by Gasteiger charge is -2.42. The van der Waals surface area contributed by atoms with Gasteiger partial charge in [-0.2, -0.15) is 13.2 Å². The topological polar surface area (TPSA) is 102 Å². The second kappa shape index (κ2) is 10.7. The maximum atomic E-state index is 15.3. The Morgan fingerprint density at radius 2 is 1.78 bits per heavy atom. The third-order valence-electron chi connectivity index (χ3n) is 7.03. The summed E-state index contributed by atoms with van der Waals surface area (Å²) in [6.45, 7) is 10.3. The number of rotatable bonds is 3. The first-order valence-corrected chi connectivity index (χ1v) is 15.0. The fraction of sp³-hybridized carbons (Fsp3) is 0.593. The minimum absolute atomic E-state index is 0.0387. The Kier molecular flexibility index (Phi) is 8.06. The molecule has 0 saturated carbocycles. The molecule has 1 amide bonds. The van der Waals surface area contributed by atoms with Gasteiger partial charge in [-0.05, 0) is 52.7 Å². The van der Waals surface area contributed by atoms with Crippen molar-refractivity contribution in [3.8, 4) is 0 Å². The van der Waals surface area contributed by atoms with Gasteiger partial charge in [0.2, 0.25) is 15.0 Å². The van der Waals surface area contributed by atoms with Crippen LogP contribution >= 0.6 is 0 Å². The minimum Gasteiger partial charge on any atom is -0.444 e. The molecule has 0 N–H and O–H groups in total. The van der Waals surface area contributed by atoms with Crippen LogP contribution in [0.15, 0.2) is 11.2 Å². The summed E-state index contributed by atoms with van der Waals surface area (Å²) in [5.41, 5.74) is -1.94. The number of amides is 1. The molecule has 9 nitrogen and oxygen atoms in total. The van der Waals surface area contributed by atoms with Gasteiger partial charge in [0, 0.05) is 49.5 Å². The van der Waals surface area contributed by atoms with Crippen LogP contribution in [0.2, 0.25) is 0 Å². The quantitative estimate of drug-likeness (QED) is 0.361. The van der Waals surface area contributed by atoms with Crippen LogP contribution < -0.4 is 4.90 Å². The highest BCUT2D eigenvalue weighted by atomic mass is 32.2. The molecule has 0 spiro atoms. The SMILES string of the molecule is Cc1cc(C)c(C(F)(F)F)c(C2Cc3nc(S(C)(=O)=O)nc(N4CCN(C(=O)OC(C)(C)C)C[C@@H]4C)c3CO2)c1F. The molecule has 14 heteroatoms. The molecule has 0 bridgehead atoms. The molecule has 0 radical (unpaired) electrons. The fourth-order valence-electron chi connectivity index (χ4n) is 5.26. The normalized spacial score (nSPS) is 20.2. The fourth-order valence-corrected chi connectivity index (χ4v) is 5.79. The van der Waals surface area contributed by atoms with Crippen molar-refractivity contribution in [1.82, 2.24) is 14.9 Å². The number of carbonyl (C=O) groups is 1. The number of carbonyl (C=O) groups excluding carboxylic acids is 1. The zero-order chi connectivity index (χ0) is 30.7. The number of anilines is 1. The van der Waals surface area contributed by atoms with Gasteiger partial charge in [0.25, 0.3) is 0 Å². The number of piperazine rings is 1. The molecule has 1 fully saturated rings. The summed E-state index contributed by atoms with van der Waals surface area (Å²) < 4.78 is 93.8. The molecule has 3 heterocycles. The standard InChI is InChI=1S/C27H34F4N4O5S/c1-14-10-15(2)22(28)20(21(14)27(29,30)31)19-11-18-17(13-39-19)23(33-24(32-18)41(7,37)38)35-9-8-34(12-16(35)3)25(36)40-26(4,5)6/h10,16,19H,8-9,11-13H2,1-7H3/t16-,19?/m0/s1. The molecule has 2 aromatic rings. The number of benzene rings is 1. The van der Waals surface area contributed by atoms with E-state index in [9.17, 15) is 26.4 Å². The third-order valence-corrected chi connectivity index (χ3v) is 7.87. The van der Waals surface area contributed by atoms with E-state index < -0.39 is 55.9 Å². The van der Waals surface area contributed by atoms with E-state index in [1.165, 1.54) is 13.8 Å². The molecule has 2 aliphatic rings. The van der Waals surface area contributed by atoms with Crippen molar-refractivity contribution in [2.75, 3.05) is 30.8 Å². The molecule has 4 rings (SSSR count). The van der Waals surface area contributed by atoms with Gasteiger partial charge in [0.05, 0.1) is 24.0 Å². The van der Waals surface area contributed by atoms with E-state index in [2.05, 4.69) is 9.97 Å². The summed E-state index contributed by atoms with van der Waals surface area (Å²) in [5.74, 6) is -0.775. The molecule has 1 unspecified atom stereocenters. The van der Waals surface area contributed by atoms with Gasteiger partial charge in [-0.1, -0.05) is 6.07 Å². The number of nitrogens with zero attached hydrogens (tertiary/aromatic N) is 4. The predicted octanol–water partition coefficient (Wildman–Crippen LogP) is 4.91. The number of sulfone groups is 1. The van der Waals surface area contributed by atoms with Crippen molar-refractivity contribution in [2.24, 2.45) is 0 Å². The van der Waals surface area contributed by atoms with Gasteiger partial charge in [0.15, 0.2) is 0 Å². The van der Waals surface area contributed by atoms with E-state index in [1.807, 2.05) is 11.8 Å². The summed E-state index contributed by atoms with van der Waals surface area (Å²) >= 11 is 0. The highest BCUT2D eigenvalue weighted by molar-refractivity contribution is 7.90. The number of hydrogen-bond acceptors (Lipinski definition) is 8. The first-order valence-electron chi connectivity index (χ1n) is 13.1. The Morgan fingerprint density at radius 3 is 2.34 bits per heavy atom. The Bertz CT molecular complexity index is 1470. The van der Waals surface area contributed by atoms with E-state index in [0.29, 0.717) is 5.56 Å². The van der Waals surface area contributed by atoms with Crippen molar-refractivity contribution in [1.29, 1.82) is 0 Å². The number of halogens is 4. The van der Waals surface area contributed by atoms with E-state index in [4.69, 9.17) is 9.47 Å². The molecule has 1 aromatic carbocycles. The van der Waals surface area contributed by atoms with Crippen LogP contribution in [-0.4, -0.2) is 66.9 Å². The van der Waals surface area contributed by atoms with Gasteiger partial charge in [-0.3, -0.25) is 0 Å². The largest absolute Gasteiger partial charge is 0.444 e. The van der Waals surface area contributed by atoms with Crippen LogP contribution in [0.25, 0.3) is 0 Å². The van der Waals surface area contributed by atoms with Gasteiger partial charge >= 0.3 is 12.3 Å². The third kappa shape index (κ3) is 6.42. The molecule has 1 saturated heterocycles. The lowest BCUT2D eigenvalue weighted by atomic mass is 9.90. The monoisotopic (exact) mass is 602 g/mol. The number of aromatic nitrogens is 2. The lowest BCUT2D eigenvalue weighted by Crippen LogP contribution is -2.55. The van der Waals surface area contributed by atoms with Crippen LogP contribution in [0.3, 0.4) is 0 Å². The summed E-state index contributed by atoms with van der Waals surface area (Å²) in [7, 11) is -3.92. The van der Waals surface area contributed by atoms with Crippen LogP contribution in [0.4, 0.5) is 28.2 Å². The smallest absolute Gasteiger partial charge is 0.417 e. The second-order valence-corrected chi connectivity index (χ2v) is 13.5. The van der Waals surface area contributed by atoms with Gasteiger partial charge < -0.3 is 19.3 Å². The average Bonchev–Trinajstić information content (AvgIpc) is 2.82. The highest BCUT2D eigenvalue weighted by Crippen LogP contribution is 2.44. The predicted molar refractivity (Wildman–Crippen MR) is 142 cm³/mol. The Morgan fingerprint density at radius 1 is 1.12 bits per heavy atom. The highest BCUT2D eigenvalue weighted by Gasteiger charge is 2.42. The van der Waals surface area contributed by atoms with E-state index in [0.717, 1.165) is 12.3 Å². The van der Waals surface area contributed by atoms with Crippen LogP contribution in [0, 0.1) is 19.7 Å². The number of aryl methyl sites for hydroxylation is 2. The second-order valence-electron chi connectivity index (χ2n) is 11.6. The van der Waals surface area contributed by atoms with E-state index in [-0.39, 0.29) is 61.3 Å². The van der Waals surface area contributed by atoms with Crippen molar-refractivity contribution in [2.45, 2.75) is 83.6 Å². The molecule has 226 valence electrons. The van der Waals surface area contributed by atoms with E-state index in [1.54, 1.807) is 25.7 Å². The van der Waals surface area contributed by atoms with Crippen molar-refractivity contribution in [3.05, 3.63) is 45.4 Å². The summed E-state index contributed by atoms with van der Waals surface area (Å²) in [6.07, 6.45) is -6.02. The van der Waals surface area contributed by atoms with Crippen molar-refractivity contribution < 1.29 is 40.2 Å². The zero-order valence-corrected chi connectivity index (χ0v) is 24.8. The van der Waals surface area contributed by atoms with Gasteiger partial charge in [0.1, 0.15) is 17.2 Å². The number of hydrogen-bond donors (Lipinski definition) is 0. The van der Waals surface area contributed by atoms with Crippen LogP contribution in [0.5, 0.6) is 0 Å².